The zero-order valence-corrected chi connectivity index (χ0v) is 31.4. The van der Waals surface area contributed by atoms with Crippen LogP contribution in [0.3, 0.4) is 0 Å². The molecule has 290 valence electrons. The molecule has 12 heteroatoms. The zero-order chi connectivity index (χ0) is 39.2. The van der Waals surface area contributed by atoms with E-state index in [0.717, 1.165) is 70.5 Å². The van der Waals surface area contributed by atoms with E-state index in [2.05, 4.69) is 23.4 Å². The molecule has 0 saturated carbocycles. The van der Waals surface area contributed by atoms with Gasteiger partial charge in [0.1, 0.15) is 17.3 Å². The number of ether oxygens (including phenoxy) is 2. The number of fused-ring (bicyclic) bond motifs is 1. The lowest BCUT2D eigenvalue weighted by Gasteiger charge is -2.34. The summed E-state index contributed by atoms with van der Waals surface area (Å²) in [6.07, 6.45) is -3.45. The third-order valence-electron chi connectivity index (χ3n) is 10.4. The number of aliphatic carboxylic acids is 1. The number of methoxy groups -OCH3 is 2. The topological polar surface area (TPSA) is 91.5 Å². The highest BCUT2D eigenvalue weighted by Gasteiger charge is 2.41. The number of nitrogens with two attached hydrogens (primary N) is 1. The highest BCUT2D eigenvalue weighted by molar-refractivity contribution is 6.01. The zero-order valence-electron chi connectivity index (χ0n) is 31.4. The van der Waals surface area contributed by atoms with Gasteiger partial charge in [0.05, 0.1) is 25.7 Å². The summed E-state index contributed by atoms with van der Waals surface area (Å²) in [6.45, 7) is 10.6. The number of carbonyl (C=O) groups is 1. The number of anilines is 1. The monoisotopic (exact) mass is 750 g/mol. The van der Waals surface area contributed by atoms with E-state index in [4.69, 9.17) is 20.3 Å². The quantitative estimate of drug-likeness (QED) is 0.157. The SMILES string of the molecule is C=C(N)c1c(C)cc(N2CCN(C)CC2)cc1F.COc1cc(CN2CCC(C(F)(F)F)CC2)cc(OC)c1-c1cccc2c(CCC(=O)O)cccc12. The van der Waals surface area contributed by atoms with Gasteiger partial charge in [0.25, 0.3) is 0 Å². The molecule has 0 unspecified atom stereocenters. The molecule has 8 nitrogen and oxygen atoms in total. The smallest absolute Gasteiger partial charge is 0.391 e. The third-order valence-corrected chi connectivity index (χ3v) is 10.4. The van der Waals surface area contributed by atoms with Gasteiger partial charge in [-0.05, 0) is 104 Å². The number of halogens is 4. The van der Waals surface area contributed by atoms with Gasteiger partial charge >= 0.3 is 12.1 Å². The van der Waals surface area contributed by atoms with Crippen molar-refractivity contribution < 1.29 is 36.9 Å². The molecule has 0 spiro atoms. The second-order valence-electron chi connectivity index (χ2n) is 14.1. The Labute approximate surface area is 314 Å². The molecule has 2 heterocycles. The Bertz CT molecular complexity index is 1900. The third kappa shape index (κ3) is 9.64. The Hall–Kier alpha value is -4.81. The van der Waals surface area contributed by atoms with Gasteiger partial charge in [-0.25, -0.2) is 4.39 Å². The molecular weight excluding hydrogens is 700 g/mol. The minimum absolute atomic E-state index is 0.0465. The minimum Gasteiger partial charge on any atom is -0.496 e. The predicted octanol–water partition coefficient (Wildman–Crippen LogP) is 8.13. The van der Waals surface area contributed by atoms with Gasteiger partial charge in [0.2, 0.25) is 0 Å². The number of carboxylic acids is 1. The van der Waals surface area contributed by atoms with Gasteiger partial charge in [-0.1, -0.05) is 43.0 Å². The second-order valence-corrected chi connectivity index (χ2v) is 14.1. The number of nitrogens with zero attached hydrogens (tertiary/aromatic N) is 3. The van der Waals surface area contributed by atoms with Crippen LogP contribution in [0, 0.1) is 18.7 Å². The van der Waals surface area contributed by atoms with E-state index >= 15 is 0 Å². The number of benzene rings is 4. The molecule has 0 aliphatic carbocycles. The summed E-state index contributed by atoms with van der Waals surface area (Å²) in [5, 5.41) is 11.0. The van der Waals surface area contributed by atoms with Crippen LogP contribution in [0.5, 0.6) is 11.5 Å². The van der Waals surface area contributed by atoms with Crippen LogP contribution in [0.2, 0.25) is 0 Å². The van der Waals surface area contributed by atoms with Crippen LogP contribution in [0.4, 0.5) is 23.2 Å². The summed E-state index contributed by atoms with van der Waals surface area (Å²) in [6, 6.07) is 19.1. The molecule has 4 aromatic carbocycles. The lowest BCUT2D eigenvalue weighted by atomic mass is 9.92. The van der Waals surface area contributed by atoms with Gasteiger partial charge in [0, 0.05) is 56.1 Å². The number of piperazine rings is 1. The van der Waals surface area contributed by atoms with E-state index in [0.29, 0.717) is 43.1 Å². The predicted molar refractivity (Wildman–Crippen MR) is 207 cm³/mol. The Morgan fingerprint density at radius 1 is 0.926 bits per heavy atom. The fraction of sp³-hybridized carbons (Fsp3) is 0.405. The van der Waals surface area contributed by atoms with Crippen LogP contribution in [-0.2, 0) is 17.8 Å². The molecule has 0 radical (unpaired) electrons. The van der Waals surface area contributed by atoms with Crippen molar-refractivity contribution in [3.8, 4) is 22.6 Å². The minimum atomic E-state index is -4.13. The summed E-state index contributed by atoms with van der Waals surface area (Å²) < 4.78 is 64.7. The van der Waals surface area contributed by atoms with Crippen LogP contribution in [0.15, 0.2) is 67.2 Å². The van der Waals surface area contributed by atoms with Crippen molar-refractivity contribution >= 4 is 28.1 Å². The molecule has 0 atom stereocenters. The molecule has 0 bridgehead atoms. The van der Waals surface area contributed by atoms with Gasteiger partial charge in [-0.15, -0.1) is 0 Å². The molecule has 54 heavy (non-hydrogen) atoms. The van der Waals surface area contributed by atoms with E-state index in [9.17, 15) is 22.4 Å². The van der Waals surface area contributed by atoms with Crippen molar-refractivity contribution in [2.24, 2.45) is 11.7 Å². The molecule has 2 aliphatic rings. The first-order valence-corrected chi connectivity index (χ1v) is 18.1. The number of alkyl halides is 3. The van der Waals surface area contributed by atoms with Crippen molar-refractivity contribution in [3.05, 3.63) is 95.3 Å². The number of likely N-dealkylation sites (N-methyl/N-ethyl adjacent to an activating group) is 1. The Morgan fingerprint density at radius 3 is 2.09 bits per heavy atom. The number of hydrogen-bond donors (Lipinski definition) is 2. The number of likely N-dealkylation sites (tertiary alicyclic amines) is 1. The maximum atomic E-state index is 14.0. The largest absolute Gasteiger partial charge is 0.496 e. The van der Waals surface area contributed by atoms with Crippen molar-refractivity contribution in [2.75, 3.05) is 65.4 Å². The first-order chi connectivity index (χ1) is 25.7. The molecule has 4 aromatic rings. The summed E-state index contributed by atoms with van der Waals surface area (Å²) in [7, 11) is 5.27. The van der Waals surface area contributed by atoms with Crippen LogP contribution in [0.1, 0.15) is 41.5 Å². The maximum absolute atomic E-state index is 14.0. The normalized spacial score (nSPS) is 15.8. The second kappa shape index (κ2) is 17.6. The van der Waals surface area contributed by atoms with E-state index in [1.807, 2.05) is 66.4 Å². The Balaban J connectivity index is 0.000000260. The molecular formula is C42H50F4N4O4. The summed E-state index contributed by atoms with van der Waals surface area (Å²) >= 11 is 0. The number of hydrogen-bond acceptors (Lipinski definition) is 7. The van der Waals surface area contributed by atoms with Gasteiger partial charge in [0.15, 0.2) is 0 Å². The highest BCUT2D eigenvalue weighted by Crippen LogP contribution is 2.44. The molecule has 2 fully saturated rings. The molecule has 0 aromatic heterocycles. The first kappa shape index (κ1) is 40.4. The van der Waals surface area contributed by atoms with Gasteiger partial charge in [-0.2, -0.15) is 13.2 Å². The van der Waals surface area contributed by atoms with Crippen molar-refractivity contribution in [3.63, 3.8) is 0 Å². The van der Waals surface area contributed by atoms with E-state index in [1.165, 1.54) is 0 Å². The van der Waals surface area contributed by atoms with Crippen LogP contribution in [0.25, 0.3) is 27.6 Å². The summed E-state index contributed by atoms with van der Waals surface area (Å²) in [4.78, 5) is 17.6. The van der Waals surface area contributed by atoms with Crippen molar-refractivity contribution in [1.82, 2.24) is 9.80 Å². The summed E-state index contributed by atoms with van der Waals surface area (Å²) in [5.41, 5.74) is 11.6. The van der Waals surface area contributed by atoms with Gasteiger partial charge in [-0.3, -0.25) is 9.69 Å². The fourth-order valence-electron chi connectivity index (χ4n) is 7.43. The number of piperidine rings is 1. The molecule has 2 aliphatic heterocycles. The Kier molecular flexibility index (Phi) is 13.1. The lowest BCUT2D eigenvalue weighted by Crippen LogP contribution is -2.44. The molecule has 0 amide bonds. The van der Waals surface area contributed by atoms with Crippen LogP contribution >= 0.6 is 0 Å². The van der Waals surface area contributed by atoms with E-state index in [-0.39, 0.29) is 30.8 Å². The van der Waals surface area contributed by atoms with E-state index in [1.54, 1.807) is 20.3 Å². The van der Waals surface area contributed by atoms with Crippen molar-refractivity contribution in [1.29, 1.82) is 0 Å². The Morgan fingerprint density at radius 2 is 1.54 bits per heavy atom. The molecule has 3 N–H and O–H groups in total. The van der Waals surface area contributed by atoms with Crippen molar-refractivity contribution in [2.45, 2.75) is 45.3 Å². The first-order valence-electron chi connectivity index (χ1n) is 18.1. The number of carboxylic acid groups (broad SMARTS) is 1. The van der Waals surface area contributed by atoms with E-state index < -0.39 is 18.1 Å². The summed E-state index contributed by atoms with van der Waals surface area (Å²) in [5.74, 6) is -1.14. The highest BCUT2D eigenvalue weighted by atomic mass is 19.4. The average molecular weight is 751 g/mol. The van der Waals surface area contributed by atoms with Gasteiger partial charge < -0.3 is 30.1 Å². The van der Waals surface area contributed by atoms with Crippen LogP contribution < -0.4 is 20.1 Å². The maximum Gasteiger partial charge on any atom is 0.391 e. The lowest BCUT2D eigenvalue weighted by molar-refractivity contribution is -0.185. The number of aryl methyl sites for hydroxylation is 2. The molecule has 6 rings (SSSR count). The number of rotatable bonds is 10. The average Bonchev–Trinajstić information content (AvgIpc) is 3.13. The van der Waals surface area contributed by atoms with Crippen LogP contribution in [-0.4, -0.2) is 87.6 Å². The standard InChI is InChI=1S/C28H30F3NO4.C14H20FN3/c1-35-24-15-18(17-32-13-11-20(12-14-32)28(29,30)31)16-25(36-2)27(24)23-8-4-6-21-19(9-10-26(33)34)5-3-7-22(21)23;1-10-8-12(9-13(15)14(10)11(2)16)18-6-4-17(3)5-7-18/h3-8,15-16,20H,9-14,17H2,1-2H3,(H,33,34);8-9H,2,4-7,16H2,1,3H3. The molecule has 2 saturated heterocycles. The fourth-order valence-corrected chi connectivity index (χ4v) is 7.43.